The molecule has 0 bridgehead atoms. The molecular weight excluding hydrogens is 326 g/mol. The first-order valence-electron chi connectivity index (χ1n) is 8.56. The number of hydrogen-bond acceptors (Lipinski definition) is 3. The predicted octanol–water partition coefficient (Wildman–Crippen LogP) is 3.91. The van der Waals surface area contributed by atoms with Crippen LogP contribution >= 0.6 is 0 Å². The average Bonchev–Trinajstić information content (AvgIpc) is 2.88. The average molecular weight is 347 g/mol. The summed E-state index contributed by atoms with van der Waals surface area (Å²) >= 11 is 0. The summed E-state index contributed by atoms with van der Waals surface area (Å²) in [7, 11) is 0. The Morgan fingerprint density at radius 2 is 1.77 bits per heavy atom. The zero-order valence-electron chi connectivity index (χ0n) is 14.7. The van der Waals surface area contributed by atoms with Crippen LogP contribution in [-0.2, 0) is 14.3 Å². The lowest BCUT2D eigenvalue weighted by atomic mass is 10.0. The van der Waals surface area contributed by atoms with Crippen molar-refractivity contribution in [3.63, 3.8) is 0 Å². The Kier molecular flexibility index (Phi) is 5.44. The molecule has 0 spiro atoms. The van der Waals surface area contributed by atoms with Crippen molar-refractivity contribution < 1.29 is 14.3 Å². The summed E-state index contributed by atoms with van der Waals surface area (Å²) in [4.78, 5) is 27.1. The largest absolute Gasteiger partial charge is 0.363 e. The van der Waals surface area contributed by atoms with E-state index in [9.17, 15) is 9.59 Å². The van der Waals surface area contributed by atoms with E-state index in [0.29, 0.717) is 24.3 Å². The molecule has 0 saturated carbocycles. The molecule has 1 saturated heterocycles. The van der Waals surface area contributed by atoms with Crippen LogP contribution < -0.4 is 4.90 Å². The summed E-state index contributed by atoms with van der Waals surface area (Å²) < 4.78 is 5.75. The van der Waals surface area contributed by atoms with Crippen molar-refractivity contribution in [2.75, 3.05) is 11.5 Å². The van der Waals surface area contributed by atoms with Gasteiger partial charge in [-0.2, -0.15) is 0 Å². The second kappa shape index (κ2) is 7.93. The van der Waals surface area contributed by atoms with E-state index in [2.05, 4.69) is 6.58 Å². The number of ether oxygens (including phenoxy) is 1. The SMILES string of the molecule is C=CCCOC1C(=O)N(c2ccccc2)C(=O)C1=Cc1ccccc1C. The van der Waals surface area contributed by atoms with E-state index < -0.39 is 6.10 Å². The van der Waals surface area contributed by atoms with Gasteiger partial charge in [-0.3, -0.25) is 9.59 Å². The maximum Gasteiger partial charge on any atom is 0.267 e. The van der Waals surface area contributed by atoms with Gasteiger partial charge in [-0.25, -0.2) is 4.90 Å². The van der Waals surface area contributed by atoms with E-state index in [0.717, 1.165) is 11.1 Å². The molecule has 0 aromatic heterocycles. The van der Waals surface area contributed by atoms with Crippen molar-refractivity contribution in [3.8, 4) is 0 Å². The number of carbonyl (C=O) groups is 2. The second-order valence-corrected chi connectivity index (χ2v) is 6.10. The third-order valence-electron chi connectivity index (χ3n) is 4.30. The van der Waals surface area contributed by atoms with Crippen molar-refractivity contribution in [1.82, 2.24) is 0 Å². The van der Waals surface area contributed by atoms with E-state index in [4.69, 9.17) is 4.74 Å². The molecule has 1 aliphatic heterocycles. The van der Waals surface area contributed by atoms with Gasteiger partial charge < -0.3 is 4.74 Å². The molecule has 1 heterocycles. The predicted molar refractivity (Wildman–Crippen MR) is 103 cm³/mol. The molecule has 1 atom stereocenters. The van der Waals surface area contributed by atoms with Crippen LogP contribution in [0.3, 0.4) is 0 Å². The van der Waals surface area contributed by atoms with Gasteiger partial charge in [0.15, 0.2) is 6.10 Å². The van der Waals surface area contributed by atoms with Crippen LogP contribution in [-0.4, -0.2) is 24.5 Å². The highest BCUT2D eigenvalue weighted by Gasteiger charge is 2.44. The van der Waals surface area contributed by atoms with Gasteiger partial charge in [-0.15, -0.1) is 6.58 Å². The number of rotatable bonds is 6. The maximum atomic E-state index is 13.0. The number of imide groups is 1. The van der Waals surface area contributed by atoms with Crippen molar-refractivity contribution in [2.45, 2.75) is 19.4 Å². The summed E-state index contributed by atoms with van der Waals surface area (Å²) in [6.45, 7) is 5.97. The minimum absolute atomic E-state index is 0.334. The van der Waals surface area contributed by atoms with Gasteiger partial charge in [-0.1, -0.05) is 48.5 Å². The van der Waals surface area contributed by atoms with Crippen LogP contribution in [0.1, 0.15) is 17.5 Å². The lowest BCUT2D eigenvalue weighted by Crippen LogP contribution is -2.32. The van der Waals surface area contributed by atoms with Gasteiger partial charge in [0.25, 0.3) is 11.8 Å². The van der Waals surface area contributed by atoms with Gasteiger partial charge in [0.2, 0.25) is 0 Å². The zero-order chi connectivity index (χ0) is 18.5. The van der Waals surface area contributed by atoms with E-state index in [-0.39, 0.29) is 11.8 Å². The molecule has 2 amide bonds. The highest BCUT2D eigenvalue weighted by atomic mass is 16.5. The van der Waals surface area contributed by atoms with E-state index in [1.54, 1.807) is 36.4 Å². The Morgan fingerprint density at radius 1 is 1.08 bits per heavy atom. The Labute approximate surface area is 153 Å². The van der Waals surface area contributed by atoms with Crippen LogP contribution in [0.25, 0.3) is 6.08 Å². The van der Waals surface area contributed by atoms with Crippen LogP contribution in [0.4, 0.5) is 5.69 Å². The first-order chi connectivity index (χ1) is 12.6. The maximum absolute atomic E-state index is 13.0. The minimum Gasteiger partial charge on any atom is -0.363 e. The number of para-hydroxylation sites is 1. The van der Waals surface area contributed by atoms with Crippen LogP contribution in [0, 0.1) is 6.92 Å². The summed E-state index contributed by atoms with van der Waals surface area (Å²) in [6.07, 6.45) is 3.20. The molecule has 1 unspecified atom stereocenters. The third-order valence-corrected chi connectivity index (χ3v) is 4.30. The summed E-state index contributed by atoms with van der Waals surface area (Å²) in [5.74, 6) is -0.696. The molecule has 1 aliphatic rings. The minimum atomic E-state index is -0.901. The molecule has 0 N–H and O–H groups in total. The smallest absolute Gasteiger partial charge is 0.267 e. The number of aryl methyl sites for hydroxylation is 1. The fourth-order valence-corrected chi connectivity index (χ4v) is 2.90. The van der Waals surface area contributed by atoms with E-state index in [1.807, 2.05) is 37.3 Å². The summed E-state index contributed by atoms with van der Waals surface area (Å²) in [5.41, 5.74) is 2.84. The van der Waals surface area contributed by atoms with Gasteiger partial charge in [0, 0.05) is 0 Å². The molecule has 0 radical (unpaired) electrons. The highest BCUT2D eigenvalue weighted by molar-refractivity contribution is 6.31. The van der Waals surface area contributed by atoms with E-state index >= 15 is 0 Å². The van der Waals surface area contributed by atoms with E-state index in [1.165, 1.54) is 4.90 Å². The van der Waals surface area contributed by atoms with Gasteiger partial charge >= 0.3 is 0 Å². The fraction of sp³-hybridized carbons (Fsp3) is 0.182. The van der Waals surface area contributed by atoms with Crippen LogP contribution in [0.2, 0.25) is 0 Å². The Balaban J connectivity index is 2.01. The second-order valence-electron chi connectivity index (χ2n) is 6.10. The Morgan fingerprint density at radius 3 is 2.46 bits per heavy atom. The van der Waals surface area contributed by atoms with Crippen LogP contribution in [0.5, 0.6) is 0 Å². The third kappa shape index (κ3) is 3.51. The summed E-state index contributed by atoms with van der Waals surface area (Å²) in [6, 6.07) is 16.7. The first kappa shape index (κ1) is 17.8. The first-order valence-corrected chi connectivity index (χ1v) is 8.56. The lowest BCUT2D eigenvalue weighted by molar-refractivity contribution is -0.126. The summed E-state index contributed by atoms with van der Waals surface area (Å²) in [5, 5.41) is 0. The fourth-order valence-electron chi connectivity index (χ4n) is 2.90. The molecule has 0 aliphatic carbocycles. The van der Waals surface area contributed by atoms with Crippen molar-refractivity contribution in [3.05, 3.63) is 84.0 Å². The molecule has 2 aromatic carbocycles. The number of anilines is 1. The number of nitrogens with zero attached hydrogens (tertiary/aromatic N) is 1. The number of amides is 2. The van der Waals surface area contributed by atoms with Gasteiger partial charge in [-0.05, 0) is 42.7 Å². The lowest BCUT2D eigenvalue weighted by Gasteiger charge is -2.14. The molecule has 3 rings (SSSR count). The topological polar surface area (TPSA) is 46.6 Å². The molecule has 4 nitrogen and oxygen atoms in total. The highest BCUT2D eigenvalue weighted by Crippen LogP contribution is 2.30. The molecule has 4 heteroatoms. The van der Waals surface area contributed by atoms with Gasteiger partial charge in [0.1, 0.15) is 0 Å². The van der Waals surface area contributed by atoms with Crippen LogP contribution in [0.15, 0.2) is 72.8 Å². The number of hydrogen-bond donors (Lipinski definition) is 0. The molecule has 132 valence electrons. The number of benzene rings is 2. The standard InChI is InChI=1S/C22H21NO3/c1-3-4-14-26-20-19(15-17-11-9-8-10-16(17)2)21(24)23(22(20)25)18-12-6-5-7-13-18/h3,5-13,15,20H,1,4,14H2,2H3. The zero-order valence-corrected chi connectivity index (χ0v) is 14.7. The van der Waals surface area contributed by atoms with Gasteiger partial charge in [0.05, 0.1) is 17.9 Å². The molecular formula is C22H21NO3. The normalized spacial score (nSPS) is 18.6. The van der Waals surface area contributed by atoms with Crippen molar-refractivity contribution in [2.24, 2.45) is 0 Å². The molecule has 1 fully saturated rings. The Bertz CT molecular complexity index is 855. The Hall–Kier alpha value is -2.98. The van der Waals surface area contributed by atoms with Crippen molar-refractivity contribution >= 4 is 23.6 Å². The molecule has 26 heavy (non-hydrogen) atoms. The number of carbonyl (C=O) groups excluding carboxylic acids is 2. The molecule has 2 aromatic rings. The van der Waals surface area contributed by atoms with Crippen molar-refractivity contribution in [1.29, 1.82) is 0 Å². The quantitative estimate of drug-likeness (QED) is 0.344. The monoisotopic (exact) mass is 347 g/mol.